The number of rotatable bonds is 9. The zero-order valence-electron chi connectivity index (χ0n) is 22.7. The topological polar surface area (TPSA) is 94.5 Å². The molecular formula is C27H38N8O. The highest BCUT2D eigenvalue weighted by Gasteiger charge is 2.21. The molecule has 0 aliphatic heterocycles. The highest BCUT2D eigenvalue weighted by atomic mass is 16.2. The number of likely N-dealkylation sites (N-methyl/N-ethyl adjacent to an activating group) is 1. The molecule has 192 valence electrons. The summed E-state index contributed by atoms with van der Waals surface area (Å²) in [6.45, 7) is 14.4. The van der Waals surface area contributed by atoms with E-state index in [4.69, 9.17) is 4.98 Å². The van der Waals surface area contributed by atoms with Gasteiger partial charge in [-0.15, -0.1) is 0 Å². The number of aromatic amines is 1. The number of nitrogens with one attached hydrogen (secondary N) is 2. The maximum absolute atomic E-state index is 12.6. The van der Waals surface area contributed by atoms with Crippen molar-refractivity contribution in [2.45, 2.75) is 53.5 Å². The summed E-state index contributed by atoms with van der Waals surface area (Å²) >= 11 is 0. The molecule has 1 amide bonds. The fourth-order valence-corrected chi connectivity index (χ4v) is 4.75. The van der Waals surface area contributed by atoms with Crippen LogP contribution in [0.1, 0.15) is 50.3 Å². The van der Waals surface area contributed by atoms with E-state index >= 15 is 0 Å². The zero-order valence-corrected chi connectivity index (χ0v) is 22.7. The van der Waals surface area contributed by atoms with E-state index in [1.807, 2.05) is 40.7 Å². The normalized spacial score (nSPS) is 12.0. The molecule has 4 aromatic heterocycles. The highest BCUT2D eigenvalue weighted by molar-refractivity contribution is 5.90. The van der Waals surface area contributed by atoms with Crippen LogP contribution in [-0.4, -0.2) is 80.0 Å². The summed E-state index contributed by atoms with van der Waals surface area (Å²) in [6, 6.07) is 4.21. The molecule has 0 aliphatic rings. The third kappa shape index (κ3) is 4.93. The van der Waals surface area contributed by atoms with E-state index in [2.05, 4.69) is 68.0 Å². The van der Waals surface area contributed by atoms with Crippen LogP contribution in [0.5, 0.6) is 0 Å². The largest absolute Gasteiger partial charge is 0.368 e. The number of carbonyl (C=O) groups excluding carboxylic acids is 1. The minimum Gasteiger partial charge on any atom is -0.368 e. The first-order chi connectivity index (χ1) is 17.1. The maximum Gasteiger partial charge on any atom is 0.237 e. The summed E-state index contributed by atoms with van der Waals surface area (Å²) in [5, 5.41) is 7.80. The van der Waals surface area contributed by atoms with E-state index in [0.29, 0.717) is 19.6 Å². The Bertz CT molecular complexity index is 1380. The molecule has 0 saturated carbocycles. The lowest BCUT2D eigenvalue weighted by Crippen LogP contribution is -2.44. The minimum atomic E-state index is 0.132. The number of pyridine rings is 2. The van der Waals surface area contributed by atoms with Gasteiger partial charge >= 0.3 is 0 Å². The Morgan fingerprint density at radius 2 is 1.89 bits per heavy atom. The molecule has 0 bridgehead atoms. The van der Waals surface area contributed by atoms with Crippen molar-refractivity contribution in [2.75, 3.05) is 39.0 Å². The third-order valence-corrected chi connectivity index (χ3v) is 6.71. The Morgan fingerprint density at radius 1 is 1.14 bits per heavy atom. The number of hydrogen-bond acceptors (Lipinski definition) is 6. The lowest BCUT2D eigenvalue weighted by molar-refractivity contribution is -0.133. The summed E-state index contributed by atoms with van der Waals surface area (Å²) < 4.78 is 1.84. The van der Waals surface area contributed by atoms with Crippen molar-refractivity contribution >= 4 is 28.4 Å². The number of aryl methyl sites for hydroxylation is 1. The Kier molecular flexibility index (Phi) is 7.31. The van der Waals surface area contributed by atoms with Crippen LogP contribution < -0.4 is 5.32 Å². The highest BCUT2D eigenvalue weighted by Crippen LogP contribution is 2.37. The van der Waals surface area contributed by atoms with Gasteiger partial charge in [0.1, 0.15) is 12.1 Å². The van der Waals surface area contributed by atoms with Gasteiger partial charge in [-0.05, 0) is 71.0 Å². The molecule has 0 saturated heterocycles. The first-order valence-corrected chi connectivity index (χ1v) is 12.6. The van der Waals surface area contributed by atoms with Crippen molar-refractivity contribution in [1.29, 1.82) is 0 Å². The Labute approximate surface area is 212 Å². The SMILES string of the molecule is Cc1c(-c2[nH]c3ccc(NCCN(C(=O)CN(C)C)C(C)C)nc3c2C(C)C)cn2ncnc2c1C. The molecular weight excluding hydrogens is 452 g/mol. The van der Waals surface area contributed by atoms with Crippen molar-refractivity contribution in [2.24, 2.45) is 0 Å². The van der Waals surface area contributed by atoms with Crippen molar-refractivity contribution in [3.8, 4) is 11.3 Å². The molecule has 0 fully saturated rings. The minimum absolute atomic E-state index is 0.132. The summed E-state index contributed by atoms with van der Waals surface area (Å²) in [5.74, 6) is 1.20. The van der Waals surface area contributed by atoms with Crippen LogP contribution in [0.15, 0.2) is 24.7 Å². The number of hydrogen-bond donors (Lipinski definition) is 2. The second-order valence-corrected chi connectivity index (χ2v) is 10.3. The van der Waals surface area contributed by atoms with Crippen molar-refractivity contribution < 1.29 is 4.79 Å². The molecule has 2 N–H and O–H groups in total. The predicted molar refractivity (Wildman–Crippen MR) is 146 cm³/mol. The molecule has 4 rings (SSSR count). The Morgan fingerprint density at radius 3 is 2.56 bits per heavy atom. The number of nitrogens with zero attached hydrogens (tertiary/aromatic N) is 6. The van der Waals surface area contributed by atoms with Crippen LogP contribution in [0.2, 0.25) is 0 Å². The number of aromatic nitrogens is 5. The maximum atomic E-state index is 12.6. The van der Waals surface area contributed by atoms with Crippen LogP contribution in [0.4, 0.5) is 5.82 Å². The number of amides is 1. The van der Waals surface area contributed by atoms with E-state index in [9.17, 15) is 4.79 Å². The van der Waals surface area contributed by atoms with Gasteiger partial charge in [-0.3, -0.25) is 4.79 Å². The van der Waals surface area contributed by atoms with Crippen LogP contribution in [0, 0.1) is 13.8 Å². The monoisotopic (exact) mass is 490 g/mol. The average molecular weight is 491 g/mol. The van der Waals surface area contributed by atoms with Gasteiger partial charge < -0.3 is 20.1 Å². The number of carbonyl (C=O) groups is 1. The van der Waals surface area contributed by atoms with Gasteiger partial charge in [-0.2, -0.15) is 5.10 Å². The van der Waals surface area contributed by atoms with Crippen molar-refractivity contribution in [1.82, 2.24) is 34.4 Å². The molecule has 4 heterocycles. The third-order valence-electron chi connectivity index (χ3n) is 6.71. The van der Waals surface area contributed by atoms with Gasteiger partial charge in [0.15, 0.2) is 5.65 Å². The van der Waals surface area contributed by atoms with E-state index in [-0.39, 0.29) is 17.9 Å². The number of H-pyrrole nitrogens is 1. The fourth-order valence-electron chi connectivity index (χ4n) is 4.75. The van der Waals surface area contributed by atoms with Crippen LogP contribution in [-0.2, 0) is 4.79 Å². The van der Waals surface area contributed by atoms with Gasteiger partial charge in [-0.25, -0.2) is 14.5 Å². The molecule has 9 heteroatoms. The summed E-state index contributed by atoms with van der Waals surface area (Å²) in [6.07, 6.45) is 3.64. The zero-order chi connectivity index (χ0) is 26.1. The van der Waals surface area contributed by atoms with Gasteiger partial charge in [0.2, 0.25) is 5.91 Å². The molecule has 0 spiro atoms. The second kappa shape index (κ2) is 10.3. The Hall–Kier alpha value is -3.46. The molecule has 0 aliphatic carbocycles. The standard InChI is InChI=1S/C27H38N8O/c1-16(2)24-25(20-13-35-27(29-15-30-35)19(6)18(20)5)31-21-9-10-22(32-26(21)24)28-11-12-34(17(3)4)23(36)14-33(7)8/h9-10,13,15-17,31H,11-12,14H2,1-8H3,(H,28,32). The number of fused-ring (bicyclic) bond motifs is 2. The van der Waals surface area contributed by atoms with Crippen LogP contribution >= 0.6 is 0 Å². The van der Waals surface area contributed by atoms with Gasteiger partial charge in [0.05, 0.1) is 23.3 Å². The molecule has 0 unspecified atom stereocenters. The smallest absolute Gasteiger partial charge is 0.237 e. The van der Waals surface area contributed by atoms with Crippen molar-refractivity contribution in [3.63, 3.8) is 0 Å². The molecule has 36 heavy (non-hydrogen) atoms. The summed E-state index contributed by atoms with van der Waals surface area (Å²) in [5.41, 5.74) is 8.50. The van der Waals surface area contributed by atoms with Gasteiger partial charge in [0, 0.05) is 36.5 Å². The molecule has 0 aromatic carbocycles. The van der Waals surface area contributed by atoms with E-state index < -0.39 is 0 Å². The quantitative estimate of drug-likeness (QED) is 0.365. The second-order valence-electron chi connectivity index (χ2n) is 10.3. The van der Waals surface area contributed by atoms with E-state index in [1.165, 1.54) is 11.1 Å². The molecule has 4 aromatic rings. The first-order valence-electron chi connectivity index (χ1n) is 12.6. The van der Waals surface area contributed by atoms with Gasteiger partial charge in [-0.1, -0.05) is 13.8 Å². The summed E-state index contributed by atoms with van der Waals surface area (Å²) in [4.78, 5) is 29.4. The average Bonchev–Trinajstić information content (AvgIpc) is 3.42. The summed E-state index contributed by atoms with van der Waals surface area (Å²) in [7, 11) is 3.83. The molecule has 9 nitrogen and oxygen atoms in total. The van der Waals surface area contributed by atoms with Crippen LogP contribution in [0.25, 0.3) is 27.9 Å². The molecule has 0 atom stereocenters. The lowest BCUT2D eigenvalue weighted by atomic mass is 9.95. The van der Waals surface area contributed by atoms with Crippen LogP contribution in [0.3, 0.4) is 0 Å². The van der Waals surface area contributed by atoms with E-state index in [0.717, 1.165) is 39.3 Å². The van der Waals surface area contributed by atoms with Crippen molar-refractivity contribution in [3.05, 3.63) is 41.3 Å². The number of anilines is 1. The van der Waals surface area contributed by atoms with E-state index in [1.54, 1.807) is 6.33 Å². The predicted octanol–water partition coefficient (Wildman–Crippen LogP) is 4.22. The lowest BCUT2D eigenvalue weighted by Gasteiger charge is -2.28. The van der Waals surface area contributed by atoms with Gasteiger partial charge in [0.25, 0.3) is 0 Å². The Balaban J connectivity index is 1.64. The first kappa shape index (κ1) is 25.6. The molecule has 0 radical (unpaired) electrons. The fraction of sp³-hybridized carbons (Fsp3) is 0.481.